The van der Waals surface area contributed by atoms with Crippen molar-refractivity contribution in [3.63, 3.8) is 0 Å². The summed E-state index contributed by atoms with van der Waals surface area (Å²) in [4.78, 5) is 5.07. The van der Waals surface area contributed by atoms with Gasteiger partial charge >= 0.3 is 0 Å². The fourth-order valence-corrected chi connectivity index (χ4v) is 4.49. The Balaban J connectivity index is 1.51. The van der Waals surface area contributed by atoms with Crippen LogP contribution in [0, 0.1) is 0 Å². The zero-order valence-electron chi connectivity index (χ0n) is 12.1. The summed E-state index contributed by atoms with van der Waals surface area (Å²) in [6.07, 6.45) is 8.91. The number of hydrogen-bond donors (Lipinski definition) is 6. The topological polar surface area (TPSA) is 113 Å². The predicted molar refractivity (Wildman–Crippen MR) is 88.9 cm³/mol. The van der Waals surface area contributed by atoms with Crippen molar-refractivity contribution in [3.8, 4) is 23.5 Å². The number of aromatic amines is 2. The standard InChI is InChI=1S/C16H16N2O4S/c19-13-9-3-1-7(5-11(9)15(21)17-13)23-8-2-4-10-12(6-8)16(22)18-14(10)20/h1-4,7-8,17-22H,5-6H2. The molecule has 0 amide bonds. The zero-order valence-corrected chi connectivity index (χ0v) is 12.9. The summed E-state index contributed by atoms with van der Waals surface area (Å²) in [5, 5.41) is 39.4. The second-order valence-electron chi connectivity index (χ2n) is 5.77. The molecule has 4 rings (SSSR count). The first kappa shape index (κ1) is 14.2. The quantitative estimate of drug-likeness (QED) is 0.506. The molecule has 0 aliphatic heterocycles. The molecule has 0 spiro atoms. The second kappa shape index (κ2) is 5.06. The van der Waals surface area contributed by atoms with Crippen LogP contribution in [0.25, 0.3) is 12.2 Å². The van der Waals surface area contributed by atoms with Crippen LogP contribution >= 0.6 is 11.8 Å². The molecule has 0 fully saturated rings. The molecule has 2 aliphatic rings. The van der Waals surface area contributed by atoms with Gasteiger partial charge in [0.2, 0.25) is 0 Å². The molecule has 2 heterocycles. The number of fused-ring (bicyclic) bond motifs is 2. The number of H-pyrrole nitrogens is 2. The third-order valence-corrected chi connectivity index (χ3v) is 5.67. The lowest BCUT2D eigenvalue weighted by Gasteiger charge is -2.23. The number of rotatable bonds is 2. The van der Waals surface area contributed by atoms with Crippen molar-refractivity contribution in [2.45, 2.75) is 23.3 Å². The molecule has 0 saturated carbocycles. The van der Waals surface area contributed by atoms with Crippen LogP contribution in [-0.2, 0) is 12.8 Å². The van der Waals surface area contributed by atoms with Gasteiger partial charge in [0.15, 0.2) is 23.5 Å². The summed E-state index contributed by atoms with van der Waals surface area (Å²) in [5.74, 6) is 0.0171. The Morgan fingerprint density at radius 1 is 0.739 bits per heavy atom. The number of nitrogens with one attached hydrogen (secondary N) is 2. The van der Waals surface area contributed by atoms with Gasteiger partial charge in [0.25, 0.3) is 0 Å². The Bertz CT molecular complexity index is 765. The molecule has 23 heavy (non-hydrogen) atoms. The third-order valence-electron chi connectivity index (χ3n) is 4.32. The number of aromatic nitrogens is 2. The van der Waals surface area contributed by atoms with Crippen LogP contribution in [0.4, 0.5) is 0 Å². The fourth-order valence-electron chi connectivity index (χ4n) is 3.18. The van der Waals surface area contributed by atoms with Crippen molar-refractivity contribution in [2.75, 3.05) is 0 Å². The number of aromatic hydroxyl groups is 4. The van der Waals surface area contributed by atoms with E-state index in [2.05, 4.69) is 9.97 Å². The van der Waals surface area contributed by atoms with Gasteiger partial charge in [0, 0.05) is 32.8 Å². The lowest BCUT2D eigenvalue weighted by Crippen LogP contribution is -2.16. The van der Waals surface area contributed by atoms with Crippen molar-refractivity contribution in [1.29, 1.82) is 0 Å². The van der Waals surface area contributed by atoms with Crippen LogP contribution in [0.3, 0.4) is 0 Å². The molecule has 0 aromatic carbocycles. The van der Waals surface area contributed by atoms with E-state index in [-0.39, 0.29) is 34.0 Å². The Morgan fingerprint density at radius 3 is 1.61 bits per heavy atom. The summed E-state index contributed by atoms with van der Waals surface area (Å²) in [6, 6.07) is 0. The van der Waals surface area contributed by atoms with Gasteiger partial charge < -0.3 is 20.4 Å². The van der Waals surface area contributed by atoms with Crippen LogP contribution in [0.15, 0.2) is 12.2 Å². The lowest BCUT2D eigenvalue weighted by atomic mass is 10.0. The number of hydrogen-bond acceptors (Lipinski definition) is 5. The van der Waals surface area contributed by atoms with E-state index >= 15 is 0 Å². The maximum absolute atomic E-state index is 9.83. The predicted octanol–water partition coefficient (Wildman–Crippen LogP) is 2.47. The minimum Gasteiger partial charge on any atom is -0.494 e. The van der Waals surface area contributed by atoms with Gasteiger partial charge in [-0.3, -0.25) is 9.97 Å². The first-order chi connectivity index (χ1) is 11.0. The molecule has 0 radical (unpaired) electrons. The van der Waals surface area contributed by atoms with Crippen LogP contribution < -0.4 is 0 Å². The molecular formula is C16H16N2O4S. The molecule has 7 heteroatoms. The average molecular weight is 332 g/mol. The van der Waals surface area contributed by atoms with E-state index in [1.54, 1.807) is 11.8 Å². The smallest absolute Gasteiger partial charge is 0.198 e. The Labute approximate surface area is 136 Å². The second-order valence-corrected chi connectivity index (χ2v) is 7.25. The minimum atomic E-state index is -0.00729. The van der Waals surface area contributed by atoms with Crippen molar-refractivity contribution in [2.24, 2.45) is 0 Å². The molecule has 6 nitrogen and oxygen atoms in total. The summed E-state index contributed by atoms with van der Waals surface area (Å²) in [5.41, 5.74) is 2.75. The van der Waals surface area contributed by atoms with E-state index in [1.807, 2.05) is 24.3 Å². The van der Waals surface area contributed by atoms with Gasteiger partial charge in [0.1, 0.15) is 0 Å². The van der Waals surface area contributed by atoms with E-state index in [4.69, 9.17) is 0 Å². The summed E-state index contributed by atoms with van der Waals surface area (Å²) >= 11 is 1.72. The monoisotopic (exact) mass is 332 g/mol. The molecule has 0 bridgehead atoms. The zero-order chi connectivity index (χ0) is 16.1. The van der Waals surface area contributed by atoms with Gasteiger partial charge in [-0.15, -0.1) is 11.8 Å². The highest BCUT2D eigenvalue weighted by molar-refractivity contribution is 8.00. The van der Waals surface area contributed by atoms with Crippen molar-refractivity contribution >= 4 is 23.9 Å². The van der Waals surface area contributed by atoms with Crippen molar-refractivity contribution in [3.05, 3.63) is 34.4 Å². The van der Waals surface area contributed by atoms with Crippen molar-refractivity contribution in [1.82, 2.24) is 9.97 Å². The van der Waals surface area contributed by atoms with Gasteiger partial charge in [-0.05, 0) is 12.8 Å². The maximum Gasteiger partial charge on any atom is 0.198 e. The molecule has 2 aliphatic carbocycles. The Morgan fingerprint density at radius 2 is 1.17 bits per heavy atom. The molecule has 2 aromatic rings. The SMILES string of the molecule is Oc1[nH]c(O)c2c1C=CC(SC1C=Cc3c(O)[nH]c(O)c3C1)C2. The molecule has 0 saturated heterocycles. The summed E-state index contributed by atoms with van der Waals surface area (Å²) in [7, 11) is 0. The third kappa shape index (κ3) is 2.28. The highest BCUT2D eigenvalue weighted by Crippen LogP contribution is 2.41. The largest absolute Gasteiger partial charge is 0.494 e. The molecule has 120 valence electrons. The first-order valence-electron chi connectivity index (χ1n) is 7.30. The molecule has 6 N–H and O–H groups in total. The fraction of sp³-hybridized carbons (Fsp3) is 0.250. The minimum absolute atomic E-state index is 0.00729. The summed E-state index contributed by atoms with van der Waals surface area (Å²) in [6.45, 7) is 0. The molecule has 2 unspecified atom stereocenters. The van der Waals surface area contributed by atoms with E-state index in [1.165, 1.54) is 0 Å². The lowest BCUT2D eigenvalue weighted by molar-refractivity contribution is 0.422. The average Bonchev–Trinajstić information content (AvgIpc) is 2.96. The van der Waals surface area contributed by atoms with E-state index in [0.29, 0.717) is 24.0 Å². The van der Waals surface area contributed by atoms with Crippen LogP contribution in [0.1, 0.15) is 22.3 Å². The summed E-state index contributed by atoms with van der Waals surface area (Å²) < 4.78 is 0. The van der Waals surface area contributed by atoms with Crippen LogP contribution in [-0.4, -0.2) is 40.9 Å². The Kier molecular flexibility index (Phi) is 3.12. The number of thioether (sulfide) groups is 1. The van der Waals surface area contributed by atoms with Gasteiger partial charge in [-0.2, -0.15) is 0 Å². The van der Waals surface area contributed by atoms with Crippen LogP contribution in [0.2, 0.25) is 0 Å². The van der Waals surface area contributed by atoms with E-state index in [9.17, 15) is 20.4 Å². The molecule has 2 aromatic heterocycles. The highest BCUT2D eigenvalue weighted by Gasteiger charge is 2.27. The Hall–Kier alpha value is -2.41. The van der Waals surface area contributed by atoms with E-state index in [0.717, 1.165) is 11.1 Å². The van der Waals surface area contributed by atoms with Gasteiger partial charge in [-0.25, -0.2) is 0 Å². The van der Waals surface area contributed by atoms with Gasteiger partial charge in [-0.1, -0.05) is 24.3 Å². The normalized spacial score (nSPS) is 22.1. The van der Waals surface area contributed by atoms with Crippen molar-refractivity contribution < 1.29 is 20.4 Å². The molecule has 2 atom stereocenters. The highest BCUT2D eigenvalue weighted by atomic mass is 32.2. The first-order valence-corrected chi connectivity index (χ1v) is 8.24. The van der Waals surface area contributed by atoms with Gasteiger partial charge in [0.05, 0.1) is 0 Å². The van der Waals surface area contributed by atoms with E-state index < -0.39 is 0 Å². The molecular weight excluding hydrogens is 316 g/mol. The van der Waals surface area contributed by atoms with Crippen LogP contribution in [0.5, 0.6) is 23.5 Å². The maximum atomic E-state index is 9.83.